The van der Waals surface area contributed by atoms with Crippen LogP contribution in [0.25, 0.3) is 0 Å². The van der Waals surface area contributed by atoms with Gasteiger partial charge in [0.05, 0.1) is 6.61 Å². The third kappa shape index (κ3) is 4.33. The Labute approximate surface area is 105 Å². The number of hydrogen-bond acceptors (Lipinski definition) is 3. The van der Waals surface area contributed by atoms with Crippen molar-refractivity contribution in [3.8, 4) is 5.75 Å². The first-order valence-electron chi connectivity index (χ1n) is 5.53. The Hall–Kier alpha value is -1.62. The average Bonchev–Trinajstić information content (AvgIpc) is 2.27. The van der Waals surface area contributed by atoms with Crippen molar-refractivity contribution in [2.45, 2.75) is 6.92 Å². The van der Waals surface area contributed by atoms with Gasteiger partial charge >= 0.3 is 0 Å². The number of nitrogens with one attached hydrogen (secondary N) is 1. The molecule has 1 rings (SSSR count). The summed E-state index contributed by atoms with van der Waals surface area (Å²) >= 11 is 0. The van der Waals surface area contributed by atoms with Gasteiger partial charge in [-0.3, -0.25) is 0 Å². The molecule has 0 radical (unpaired) electrons. The molecule has 3 nitrogen and oxygen atoms in total. The molecule has 1 aromatic carbocycles. The first-order valence-corrected chi connectivity index (χ1v) is 5.53. The van der Waals surface area contributed by atoms with Crippen LogP contribution in [0.4, 0.5) is 8.78 Å². The number of halogens is 2. The number of ether oxygens (including phenoxy) is 2. The quantitative estimate of drug-likeness (QED) is 0.761. The SMILES string of the molecule is C=C(COC)NCCOc1c(F)cc(C)cc1F. The Kier molecular flexibility index (Phi) is 5.58. The summed E-state index contributed by atoms with van der Waals surface area (Å²) in [6.07, 6.45) is 0. The van der Waals surface area contributed by atoms with Crippen LogP contribution in [0.1, 0.15) is 5.56 Å². The molecule has 100 valence electrons. The third-order valence-corrected chi connectivity index (χ3v) is 2.18. The van der Waals surface area contributed by atoms with Crippen molar-refractivity contribution >= 4 is 0 Å². The summed E-state index contributed by atoms with van der Waals surface area (Å²) in [6, 6.07) is 2.46. The molecule has 0 atom stereocenters. The van der Waals surface area contributed by atoms with Gasteiger partial charge in [0, 0.05) is 19.4 Å². The second-order valence-electron chi connectivity index (χ2n) is 3.87. The summed E-state index contributed by atoms with van der Waals surface area (Å²) in [5.41, 5.74) is 1.20. The van der Waals surface area contributed by atoms with Crippen LogP contribution in [0, 0.1) is 18.6 Å². The number of benzene rings is 1. The Balaban J connectivity index is 2.42. The van der Waals surface area contributed by atoms with Crippen LogP contribution < -0.4 is 10.1 Å². The summed E-state index contributed by atoms with van der Waals surface area (Å²) in [7, 11) is 1.56. The molecule has 0 bridgehead atoms. The summed E-state index contributed by atoms with van der Waals surface area (Å²) in [4.78, 5) is 0. The highest BCUT2D eigenvalue weighted by Gasteiger charge is 2.10. The topological polar surface area (TPSA) is 30.5 Å². The maximum atomic E-state index is 13.4. The molecule has 0 spiro atoms. The van der Waals surface area contributed by atoms with E-state index < -0.39 is 11.6 Å². The molecule has 1 N–H and O–H groups in total. The lowest BCUT2D eigenvalue weighted by molar-refractivity contribution is 0.217. The van der Waals surface area contributed by atoms with Crippen molar-refractivity contribution in [1.29, 1.82) is 0 Å². The van der Waals surface area contributed by atoms with Gasteiger partial charge in [0.1, 0.15) is 6.61 Å². The largest absolute Gasteiger partial charge is 0.486 e. The van der Waals surface area contributed by atoms with Gasteiger partial charge in [-0.2, -0.15) is 0 Å². The van der Waals surface area contributed by atoms with Gasteiger partial charge in [-0.25, -0.2) is 8.78 Å². The predicted molar refractivity (Wildman–Crippen MR) is 65.6 cm³/mol. The molecular weight excluding hydrogens is 240 g/mol. The van der Waals surface area contributed by atoms with E-state index in [-0.39, 0.29) is 12.4 Å². The lowest BCUT2D eigenvalue weighted by Gasteiger charge is -2.11. The molecule has 0 heterocycles. The van der Waals surface area contributed by atoms with Crippen molar-refractivity contribution in [1.82, 2.24) is 5.32 Å². The number of methoxy groups -OCH3 is 1. The zero-order valence-electron chi connectivity index (χ0n) is 10.6. The lowest BCUT2D eigenvalue weighted by Crippen LogP contribution is -2.22. The van der Waals surface area contributed by atoms with Crippen molar-refractivity contribution in [2.75, 3.05) is 26.9 Å². The Morgan fingerprint density at radius 3 is 2.50 bits per heavy atom. The smallest absolute Gasteiger partial charge is 0.190 e. The van der Waals surface area contributed by atoms with E-state index in [4.69, 9.17) is 9.47 Å². The maximum absolute atomic E-state index is 13.4. The van der Waals surface area contributed by atoms with Gasteiger partial charge < -0.3 is 14.8 Å². The van der Waals surface area contributed by atoms with Crippen molar-refractivity contribution in [3.05, 3.63) is 41.6 Å². The second-order valence-corrected chi connectivity index (χ2v) is 3.87. The molecule has 0 aliphatic carbocycles. The average molecular weight is 257 g/mol. The fraction of sp³-hybridized carbons (Fsp3) is 0.385. The molecule has 0 aliphatic heterocycles. The Bertz CT molecular complexity index is 398. The van der Waals surface area contributed by atoms with Crippen LogP contribution in [0.2, 0.25) is 0 Å². The zero-order chi connectivity index (χ0) is 13.5. The fourth-order valence-electron chi connectivity index (χ4n) is 1.43. The van der Waals surface area contributed by atoms with E-state index in [2.05, 4.69) is 11.9 Å². The Morgan fingerprint density at radius 1 is 1.33 bits per heavy atom. The van der Waals surface area contributed by atoms with Crippen molar-refractivity contribution in [3.63, 3.8) is 0 Å². The van der Waals surface area contributed by atoms with E-state index in [1.165, 1.54) is 12.1 Å². The van der Waals surface area contributed by atoms with Crippen molar-refractivity contribution in [2.24, 2.45) is 0 Å². The summed E-state index contributed by atoms with van der Waals surface area (Å²) in [6.45, 7) is 6.23. The molecule has 0 unspecified atom stereocenters. The summed E-state index contributed by atoms with van der Waals surface area (Å²) in [5.74, 6) is -1.73. The van der Waals surface area contributed by atoms with Gasteiger partial charge in [-0.1, -0.05) is 6.58 Å². The normalized spacial score (nSPS) is 10.2. The van der Waals surface area contributed by atoms with E-state index in [0.29, 0.717) is 24.4 Å². The molecule has 0 aromatic heterocycles. The standard InChI is InChI=1S/C13H17F2NO2/c1-9-6-11(14)13(12(15)7-9)18-5-4-16-10(2)8-17-3/h6-7,16H,2,4-5,8H2,1,3H3. The molecule has 0 aliphatic rings. The van der Waals surface area contributed by atoms with E-state index in [1.807, 2.05) is 0 Å². The minimum Gasteiger partial charge on any atom is -0.486 e. The summed E-state index contributed by atoms with van der Waals surface area (Å²) in [5, 5.41) is 2.91. The van der Waals surface area contributed by atoms with Crippen molar-refractivity contribution < 1.29 is 18.3 Å². The van der Waals surface area contributed by atoms with Crippen LogP contribution in [-0.4, -0.2) is 26.9 Å². The van der Waals surface area contributed by atoms with E-state index in [1.54, 1.807) is 14.0 Å². The fourth-order valence-corrected chi connectivity index (χ4v) is 1.43. The first-order chi connectivity index (χ1) is 8.54. The van der Waals surface area contributed by atoms with Crippen LogP contribution in [0.5, 0.6) is 5.75 Å². The van der Waals surface area contributed by atoms with E-state index in [9.17, 15) is 8.78 Å². The molecule has 18 heavy (non-hydrogen) atoms. The lowest BCUT2D eigenvalue weighted by atomic mass is 10.2. The highest BCUT2D eigenvalue weighted by atomic mass is 19.1. The van der Waals surface area contributed by atoms with Crippen LogP contribution in [0.15, 0.2) is 24.4 Å². The van der Waals surface area contributed by atoms with Gasteiger partial charge in [-0.15, -0.1) is 0 Å². The molecule has 0 amide bonds. The Morgan fingerprint density at radius 2 is 1.94 bits per heavy atom. The van der Waals surface area contributed by atoms with Crippen LogP contribution in [-0.2, 0) is 4.74 Å². The highest BCUT2D eigenvalue weighted by Crippen LogP contribution is 2.22. The predicted octanol–water partition coefficient (Wildman–Crippen LogP) is 2.40. The highest BCUT2D eigenvalue weighted by molar-refractivity contribution is 5.30. The minimum absolute atomic E-state index is 0.139. The molecule has 1 aromatic rings. The number of aryl methyl sites for hydroxylation is 1. The molecule has 5 heteroatoms. The van der Waals surface area contributed by atoms with E-state index >= 15 is 0 Å². The van der Waals surface area contributed by atoms with Crippen LogP contribution in [0.3, 0.4) is 0 Å². The van der Waals surface area contributed by atoms with Crippen LogP contribution >= 0.6 is 0 Å². The molecule has 0 fully saturated rings. The monoisotopic (exact) mass is 257 g/mol. The van der Waals surface area contributed by atoms with Gasteiger partial charge in [0.15, 0.2) is 17.4 Å². The third-order valence-electron chi connectivity index (χ3n) is 2.18. The second kappa shape index (κ2) is 6.96. The zero-order valence-corrected chi connectivity index (χ0v) is 10.6. The molecular formula is C13H17F2NO2. The number of rotatable bonds is 7. The van der Waals surface area contributed by atoms with Gasteiger partial charge in [0.2, 0.25) is 0 Å². The van der Waals surface area contributed by atoms with E-state index in [0.717, 1.165) is 0 Å². The summed E-state index contributed by atoms with van der Waals surface area (Å²) < 4.78 is 36.7. The number of hydrogen-bond donors (Lipinski definition) is 1. The maximum Gasteiger partial charge on any atom is 0.190 e. The first kappa shape index (κ1) is 14.4. The van der Waals surface area contributed by atoms with Gasteiger partial charge in [0.25, 0.3) is 0 Å². The molecule has 0 saturated heterocycles. The van der Waals surface area contributed by atoms with Gasteiger partial charge in [-0.05, 0) is 24.6 Å². The molecule has 0 saturated carbocycles. The minimum atomic E-state index is -0.691.